The maximum Gasteiger partial charge on any atom is 0.225 e. The van der Waals surface area contributed by atoms with Gasteiger partial charge in [0.2, 0.25) is 5.88 Å². The predicted molar refractivity (Wildman–Crippen MR) is 79.9 cm³/mol. The highest BCUT2D eigenvalue weighted by atomic mass is 32.1. The third-order valence-electron chi connectivity index (χ3n) is 4.70. The molecule has 0 aliphatic heterocycles. The number of aryl methyl sites for hydroxylation is 1. The van der Waals surface area contributed by atoms with E-state index in [4.69, 9.17) is 4.74 Å². The molecular weight excluding hydrogens is 268 g/mol. The second kappa shape index (κ2) is 4.85. The lowest BCUT2D eigenvalue weighted by Gasteiger charge is -2.21. The summed E-state index contributed by atoms with van der Waals surface area (Å²) in [5.41, 5.74) is 2.32. The number of aromatic nitrogens is 2. The van der Waals surface area contributed by atoms with Crippen LogP contribution in [0.3, 0.4) is 0 Å². The Hall–Kier alpha value is -1.42. The van der Waals surface area contributed by atoms with Crippen molar-refractivity contribution in [3.63, 3.8) is 0 Å². The molecule has 2 bridgehead atoms. The largest absolute Gasteiger partial charge is 0.473 e. The molecule has 3 nitrogen and oxygen atoms in total. The third-order valence-corrected chi connectivity index (χ3v) is 5.55. The zero-order valence-corrected chi connectivity index (χ0v) is 12.4. The zero-order chi connectivity index (χ0) is 13.5. The van der Waals surface area contributed by atoms with Gasteiger partial charge in [0.15, 0.2) is 0 Å². The summed E-state index contributed by atoms with van der Waals surface area (Å²) in [6, 6.07) is 2.02. The fourth-order valence-corrected chi connectivity index (χ4v) is 4.41. The first-order valence-electron chi connectivity index (χ1n) is 7.33. The molecule has 104 valence electrons. The number of fused-ring (bicyclic) bond motifs is 2. The van der Waals surface area contributed by atoms with E-state index in [0.29, 0.717) is 6.10 Å². The Labute approximate surface area is 123 Å². The second-order valence-corrected chi connectivity index (χ2v) is 6.87. The topological polar surface area (TPSA) is 35.0 Å². The summed E-state index contributed by atoms with van der Waals surface area (Å²) in [6.07, 6.45) is 9.44. The van der Waals surface area contributed by atoms with Gasteiger partial charge in [-0.15, -0.1) is 11.3 Å². The van der Waals surface area contributed by atoms with Gasteiger partial charge in [0.05, 0.1) is 5.38 Å². The van der Waals surface area contributed by atoms with Gasteiger partial charge in [-0.1, -0.05) is 0 Å². The van der Waals surface area contributed by atoms with Crippen molar-refractivity contribution in [3.05, 3.63) is 29.4 Å². The Balaban J connectivity index is 1.52. The molecule has 0 aromatic carbocycles. The van der Waals surface area contributed by atoms with Gasteiger partial charge in [0.25, 0.3) is 0 Å². The van der Waals surface area contributed by atoms with E-state index < -0.39 is 0 Å². The molecule has 2 saturated carbocycles. The molecule has 3 atom stereocenters. The van der Waals surface area contributed by atoms with Gasteiger partial charge >= 0.3 is 0 Å². The van der Waals surface area contributed by atoms with Gasteiger partial charge in [-0.3, -0.25) is 4.98 Å². The fraction of sp³-hybridized carbons (Fsp3) is 0.500. The highest BCUT2D eigenvalue weighted by Crippen LogP contribution is 2.46. The molecule has 2 aliphatic carbocycles. The maximum atomic E-state index is 6.13. The van der Waals surface area contributed by atoms with Gasteiger partial charge in [0, 0.05) is 18.0 Å². The minimum Gasteiger partial charge on any atom is -0.473 e. The first-order valence-corrected chi connectivity index (χ1v) is 8.21. The smallest absolute Gasteiger partial charge is 0.225 e. The molecule has 0 amide bonds. The molecule has 0 radical (unpaired) electrons. The fourth-order valence-electron chi connectivity index (χ4n) is 3.61. The van der Waals surface area contributed by atoms with Crippen molar-refractivity contribution in [2.75, 3.05) is 0 Å². The van der Waals surface area contributed by atoms with Crippen LogP contribution in [0, 0.1) is 18.8 Å². The number of rotatable bonds is 3. The predicted octanol–water partition coefficient (Wildman–Crippen LogP) is 4.08. The van der Waals surface area contributed by atoms with Crippen LogP contribution >= 0.6 is 11.3 Å². The van der Waals surface area contributed by atoms with Crippen molar-refractivity contribution < 1.29 is 4.74 Å². The standard InChI is InChI=1S/C16H18N2OS/c1-10-4-5-17-8-13(10)16-18-15(9-20-16)19-14-7-11-2-3-12(14)6-11/h4-5,8-9,11-12,14H,2-3,6-7H2,1H3/t11?,12?,14-/m0/s1. The Morgan fingerprint density at radius 2 is 2.25 bits per heavy atom. The van der Waals surface area contributed by atoms with Crippen LogP contribution in [-0.2, 0) is 0 Å². The Bertz CT molecular complexity index is 624. The van der Waals surface area contributed by atoms with E-state index in [9.17, 15) is 0 Å². The molecule has 0 saturated heterocycles. The highest BCUT2D eigenvalue weighted by molar-refractivity contribution is 7.13. The van der Waals surface area contributed by atoms with Gasteiger partial charge < -0.3 is 4.74 Å². The summed E-state index contributed by atoms with van der Waals surface area (Å²) in [5.74, 6) is 2.47. The minimum atomic E-state index is 0.402. The maximum absolute atomic E-state index is 6.13. The number of pyridine rings is 1. The van der Waals surface area contributed by atoms with E-state index in [-0.39, 0.29) is 0 Å². The normalized spacial score (nSPS) is 27.9. The van der Waals surface area contributed by atoms with E-state index >= 15 is 0 Å². The molecule has 4 rings (SSSR count). The van der Waals surface area contributed by atoms with E-state index in [0.717, 1.165) is 28.3 Å². The number of hydrogen-bond donors (Lipinski definition) is 0. The van der Waals surface area contributed by atoms with Crippen LogP contribution in [0.5, 0.6) is 5.88 Å². The van der Waals surface area contributed by atoms with Crippen molar-refractivity contribution in [2.24, 2.45) is 11.8 Å². The molecule has 2 aliphatic rings. The van der Waals surface area contributed by atoms with Crippen molar-refractivity contribution in [3.8, 4) is 16.5 Å². The lowest BCUT2D eigenvalue weighted by Crippen LogP contribution is -2.23. The van der Waals surface area contributed by atoms with Crippen LogP contribution < -0.4 is 4.74 Å². The molecule has 0 spiro atoms. The first-order chi connectivity index (χ1) is 9.79. The second-order valence-electron chi connectivity index (χ2n) is 6.01. The third kappa shape index (κ3) is 2.12. The van der Waals surface area contributed by atoms with E-state index in [1.54, 1.807) is 11.3 Å². The Morgan fingerprint density at radius 1 is 1.30 bits per heavy atom. The van der Waals surface area contributed by atoms with E-state index in [1.807, 2.05) is 23.8 Å². The molecule has 2 heterocycles. The Morgan fingerprint density at radius 3 is 3.00 bits per heavy atom. The van der Waals surface area contributed by atoms with Crippen molar-refractivity contribution in [1.82, 2.24) is 9.97 Å². The summed E-state index contributed by atoms with van der Waals surface area (Å²) >= 11 is 1.64. The van der Waals surface area contributed by atoms with Crippen LogP contribution in [-0.4, -0.2) is 16.1 Å². The van der Waals surface area contributed by atoms with E-state index in [2.05, 4.69) is 16.9 Å². The molecule has 0 N–H and O–H groups in total. The number of thiazole rings is 1. The molecule has 2 unspecified atom stereocenters. The minimum absolute atomic E-state index is 0.402. The average molecular weight is 286 g/mol. The molecule has 2 fully saturated rings. The zero-order valence-electron chi connectivity index (χ0n) is 11.6. The quantitative estimate of drug-likeness (QED) is 0.852. The van der Waals surface area contributed by atoms with Gasteiger partial charge in [-0.2, -0.15) is 0 Å². The molecule has 2 aromatic rings. The van der Waals surface area contributed by atoms with Crippen molar-refractivity contribution in [1.29, 1.82) is 0 Å². The number of nitrogens with zero attached hydrogens (tertiary/aromatic N) is 2. The SMILES string of the molecule is Cc1ccncc1-c1nc(O[C@H]2CC3CCC2C3)cs1. The van der Waals surface area contributed by atoms with Gasteiger partial charge in [0.1, 0.15) is 11.1 Å². The van der Waals surface area contributed by atoms with Crippen molar-refractivity contribution >= 4 is 11.3 Å². The molecule has 4 heteroatoms. The summed E-state index contributed by atoms with van der Waals surface area (Å²) in [5, 5.41) is 3.04. The lowest BCUT2D eigenvalue weighted by atomic mass is 9.98. The van der Waals surface area contributed by atoms with Gasteiger partial charge in [-0.25, -0.2) is 4.98 Å². The number of hydrogen-bond acceptors (Lipinski definition) is 4. The Kier molecular flexibility index (Phi) is 2.99. The lowest BCUT2D eigenvalue weighted by molar-refractivity contribution is 0.133. The summed E-state index contributed by atoms with van der Waals surface area (Å²) in [6.45, 7) is 2.09. The monoisotopic (exact) mass is 286 g/mol. The molecular formula is C16H18N2OS. The van der Waals surface area contributed by atoms with Crippen LogP contribution in [0.15, 0.2) is 23.8 Å². The van der Waals surface area contributed by atoms with Crippen LogP contribution in [0.4, 0.5) is 0 Å². The molecule has 20 heavy (non-hydrogen) atoms. The summed E-state index contributed by atoms with van der Waals surface area (Å²) in [4.78, 5) is 8.84. The van der Waals surface area contributed by atoms with Crippen LogP contribution in [0.1, 0.15) is 31.2 Å². The van der Waals surface area contributed by atoms with Crippen LogP contribution in [0.2, 0.25) is 0 Å². The summed E-state index contributed by atoms with van der Waals surface area (Å²) in [7, 11) is 0. The average Bonchev–Trinajstić information content (AvgIpc) is 3.16. The first kappa shape index (κ1) is 12.3. The summed E-state index contributed by atoms with van der Waals surface area (Å²) < 4.78 is 6.13. The number of ether oxygens (including phenoxy) is 1. The van der Waals surface area contributed by atoms with E-state index in [1.165, 1.54) is 31.2 Å². The van der Waals surface area contributed by atoms with Crippen molar-refractivity contribution in [2.45, 2.75) is 38.7 Å². The van der Waals surface area contributed by atoms with Gasteiger partial charge in [-0.05, 0) is 56.1 Å². The molecule has 2 aromatic heterocycles. The highest BCUT2D eigenvalue weighted by Gasteiger charge is 2.41. The van der Waals surface area contributed by atoms with Crippen LogP contribution in [0.25, 0.3) is 10.6 Å².